The van der Waals surface area contributed by atoms with Gasteiger partial charge in [-0.1, -0.05) is 121 Å². The number of nitrogens with zero attached hydrogens (tertiary/aromatic N) is 4. The summed E-state index contributed by atoms with van der Waals surface area (Å²) in [5.41, 5.74) is 13.5. The number of hydrogen-bond donors (Lipinski definition) is 0. The average Bonchev–Trinajstić information content (AvgIpc) is 3.81. The van der Waals surface area contributed by atoms with Crippen molar-refractivity contribution in [2.24, 2.45) is 0 Å². The summed E-state index contributed by atoms with van der Waals surface area (Å²) in [7, 11) is 0. The maximum Gasteiger partial charge on any atom is 0.0702 e. The molecule has 3 heterocycles. The smallest absolute Gasteiger partial charge is 0.0702 e. The molecular weight excluding hydrogens is 737 g/mol. The van der Waals surface area contributed by atoms with E-state index >= 15 is 0 Å². The second-order valence-corrected chi connectivity index (χ2v) is 16.1. The molecule has 0 amide bonds. The maximum absolute atomic E-state index is 2.46. The molecule has 0 unspecified atom stereocenters. The second kappa shape index (κ2) is 13.5. The standard InChI is InChI=1S/C54H36N4S/c1-3-17-37(18-4-1)55-39-31-33-51(57-45-25-11-7-21-41(45)42-22-8-12-26-46(42)57)53(35-39)59-54-36-40(56(38-19-5-2-6-20-38)50-30-16-15-29-49(50)55)32-34-52(54)58-47-27-13-9-23-43(47)44-24-10-14-28-48(44)58/h1-36H. The summed E-state index contributed by atoms with van der Waals surface area (Å²) < 4.78 is 12.0. The molecule has 3 aromatic heterocycles. The average molecular weight is 773 g/mol. The van der Waals surface area contributed by atoms with E-state index in [4.69, 9.17) is 0 Å². The van der Waals surface area contributed by atoms with Crippen LogP contribution >= 0.6 is 11.3 Å². The van der Waals surface area contributed by atoms with Gasteiger partial charge >= 0.3 is 0 Å². The molecule has 0 N–H and O–H groups in total. The summed E-state index contributed by atoms with van der Waals surface area (Å²) in [4.78, 5) is 0. The molecule has 0 saturated carbocycles. The van der Waals surface area contributed by atoms with Gasteiger partial charge in [-0.3, -0.25) is 0 Å². The number of fused-ring (bicyclic) bond motifs is 11. The highest BCUT2D eigenvalue weighted by atomic mass is 32.1. The van der Waals surface area contributed by atoms with Crippen molar-refractivity contribution in [1.29, 1.82) is 0 Å². The van der Waals surface area contributed by atoms with Gasteiger partial charge < -0.3 is 18.3 Å². The zero-order chi connectivity index (χ0) is 38.9. The third kappa shape index (κ3) is 5.29. The van der Waals surface area contributed by atoms with Gasteiger partial charge in [0.25, 0.3) is 0 Å². The summed E-state index contributed by atoms with van der Waals surface area (Å²) >= 11 is 1.84. The Hall–Kier alpha value is -7.60. The first kappa shape index (κ1) is 33.5. The van der Waals surface area contributed by atoms with Crippen LogP contribution in [0.1, 0.15) is 0 Å². The highest BCUT2D eigenvalue weighted by Crippen LogP contribution is 2.39. The minimum atomic E-state index is 1.08. The molecule has 4 nitrogen and oxygen atoms in total. The molecule has 0 aliphatic carbocycles. The molecule has 5 heteroatoms. The van der Waals surface area contributed by atoms with E-state index in [9.17, 15) is 0 Å². The van der Waals surface area contributed by atoms with Crippen LogP contribution in [-0.4, -0.2) is 18.3 Å². The molecule has 0 spiro atoms. The zero-order valence-corrected chi connectivity index (χ0v) is 32.8. The largest absolute Gasteiger partial charge is 0.308 e. The lowest BCUT2D eigenvalue weighted by Crippen LogP contribution is -2.02. The van der Waals surface area contributed by atoms with Crippen molar-refractivity contribution >= 4 is 86.4 Å². The summed E-state index contributed by atoms with van der Waals surface area (Å²) in [6.45, 7) is 0. The predicted molar refractivity (Wildman–Crippen MR) is 251 cm³/mol. The Morgan fingerprint density at radius 1 is 0.254 bits per heavy atom. The number of benzene rings is 9. The quantitative estimate of drug-likeness (QED) is 0.170. The Kier molecular flexibility index (Phi) is 7.68. The van der Waals surface area contributed by atoms with E-state index in [0.717, 1.165) is 54.2 Å². The molecule has 0 atom stereocenters. The first-order chi connectivity index (χ1) is 29.3. The van der Waals surface area contributed by atoms with Gasteiger partial charge in [-0.25, -0.2) is 0 Å². The predicted octanol–water partition coefficient (Wildman–Crippen LogP) is 14.7. The van der Waals surface area contributed by atoms with Gasteiger partial charge in [-0.15, -0.1) is 11.3 Å². The van der Waals surface area contributed by atoms with Crippen LogP contribution in [0.4, 0.5) is 0 Å². The minimum absolute atomic E-state index is 1.08. The molecular formula is C54H36N4S. The Bertz CT molecular complexity index is 3320. The van der Waals surface area contributed by atoms with Crippen LogP contribution in [0.15, 0.2) is 218 Å². The fourth-order valence-electron chi connectivity index (χ4n) is 9.15. The highest BCUT2D eigenvalue weighted by Gasteiger charge is 2.18. The van der Waals surface area contributed by atoms with Crippen molar-refractivity contribution in [1.82, 2.24) is 18.3 Å². The summed E-state index contributed by atoms with van der Waals surface area (Å²) in [6.07, 6.45) is 0. The first-order valence-electron chi connectivity index (χ1n) is 20.0. The van der Waals surface area contributed by atoms with Gasteiger partial charge in [0.15, 0.2) is 0 Å². The van der Waals surface area contributed by atoms with Gasteiger partial charge in [-0.05, 0) is 97.1 Å². The Morgan fingerprint density at radius 2 is 0.559 bits per heavy atom. The normalized spacial score (nSPS) is 11.7. The Labute approximate surface area is 344 Å². The lowest BCUT2D eigenvalue weighted by Gasteiger charge is -2.17. The number of para-hydroxylation sites is 8. The number of rotatable bonds is 4. The maximum atomic E-state index is 2.46. The van der Waals surface area contributed by atoms with Crippen LogP contribution < -0.4 is 0 Å². The third-order valence-corrected chi connectivity index (χ3v) is 12.8. The molecule has 0 aliphatic rings. The van der Waals surface area contributed by atoms with E-state index in [1.54, 1.807) is 0 Å². The van der Waals surface area contributed by atoms with Crippen LogP contribution in [0, 0.1) is 0 Å². The molecule has 0 aliphatic heterocycles. The summed E-state index contributed by atoms with van der Waals surface area (Å²) in [6, 6.07) is 79.5. The fourth-order valence-corrected chi connectivity index (χ4v) is 10.3. The van der Waals surface area contributed by atoms with Crippen LogP contribution in [0.3, 0.4) is 0 Å². The minimum Gasteiger partial charge on any atom is -0.308 e. The van der Waals surface area contributed by atoms with Crippen molar-refractivity contribution < 1.29 is 0 Å². The van der Waals surface area contributed by atoms with E-state index in [0.29, 0.717) is 0 Å². The summed E-state index contributed by atoms with van der Waals surface area (Å²) in [5, 5.41) is 4.97. The Morgan fingerprint density at radius 3 is 0.915 bits per heavy atom. The van der Waals surface area contributed by atoms with Crippen LogP contribution in [0.2, 0.25) is 0 Å². The van der Waals surface area contributed by atoms with Crippen LogP contribution in [-0.2, 0) is 0 Å². The molecule has 12 aromatic rings. The first-order valence-corrected chi connectivity index (χ1v) is 20.8. The lowest BCUT2D eigenvalue weighted by atomic mass is 10.2. The number of hydrogen-bond acceptors (Lipinski definition) is 1. The molecule has 59 heavy (non-hydrogen) atoms. The van der Waals surface area contributed by atoms with Crippen LogP contribution in [0.5, 0.6) is 0 Å². The van der Waals surface area contributed by atoms with Gasteiger partial charge in [0.1, 0.15) is 0 Å². The molecule has 9 aromatic carbocycles. The van der Waals surface area contributed by atoms with E-state index < -0.39 is 0 Å². The monoisotopic (exact) mass is 772 g/mol. The topological polar surface area (TPSA) is 19.7 Å². The van der Waals surface area contributed by atoms with Gasteiger partial charge in [0.2, 0.25) is 0 Å². The molecule has 4 bridgehead atoms. The van der Waals surface area contributed by atoms with Gasteiger partial charge in [0.05, 0.1) is 53.9 Å². The van der Waals surface area contributed by atoms with Crippen molar-refractivity contribution in [3.05, 3.63) is 218 Å². The molecule has 0 saturated heterocycles. The molecule has 12 rings (SSSR count). The zero-order valence-electron chi connectivity index (χ0n) is 32.0. The molecule has 278 valence electrons. The van der Waals surface area contributed by atoms with Crippen LogP contribution in [0.25, 0.3) is 97.8 Å². The van der Waals surface area contributed by atoms with Crippen molar-refractivity contribution in [2.45, 2.75) is 0 Å². The molecule has 0 fully saturated rings. The van der Waals surface area contributed by atoms with E-state index in [1.807, 2.05) is 11.3 Å². The van der Waals surface area contributed by atoms with Crippen molar-refractivity contribution in [3.8, 4) is 22.7 Å². The highest BCUT2D eigenvalue weighted by molar-refractivity contribution is 7.23. The lowest BCUT2D eigenvalue weighted by molar-refractivity contribution is 1.12. The summed E-state index contributed by atoms with van der Waals surface area (Å²) in [5.74, 6) is 0. The van der Waals surface area contributed by atoms with Gasteiger partial charge in [0, 0.05) is 44.0 Å². The fraction of sp³-hybridized carbons (Fsp3) is 0. The molecule has 0 radical (unpaired) electrons. The van der Waals surface area contributed by atoms with E-state index in [1.165, 1.54) is 43.6 Å². The SMILES string of the molecule is c1ccc(-n2c3ccc(-n4c5ccccc5c5ccccc54)c(c3)sc3cc(ccc3-n3c4ccccc4c4ccccc43)n(-c3ccccc3)c3ccccc32)cc1. The van der Waals surface area contributed by atoms with Crippen molar-refractivity contribution in [3.63, 3.8) is 0 Å². The Balaban J connectivity index is 1.34. The number of aromatic nitrogens is 4. The van der Waals surface area contributed by atoms with Gasteiger partial charge in [-0.2, -0.15) is 0 Å². The third-order valence-electron chi connectivity index (χ3n) is 11.7. The van der Waals surface area contributed by atoms with Crippen molar-refractivity contribution in [2.75, 3.05) is 0 Å². The van der Waals surface area contributed by atoms with E-state index in [2.05, 4.69) is 237 Å². The van der Waals surface area contributed by atoms with E-state index in [-0.39, 0.29) is 0 Å². The second-order valence-electron chi connectivity index (χ2n) is 15.0.